The minimum absolute atomic E-state index is 0.309. The first-order chi connectivity index (χ1) is 9.60. The van der Waals surface area contributed by atoms with Crippen molar-refractivity contribution in [3.8, 4) is 0 Å². The van der Waals surface area contributed by atoms with Gasteiger partial charge in [0.2, 0.25) is 0 Å². The Morgan fingerprint density at radius 1 is 1.10 bits per heavy atom. The molecule has 0 radical (unpaired) electrons. The summed E-state index contributed by atoms with van der Waals surface area (Å²) >= 11 is 0. The van der Waals surface area contributed by atoms with Gasteiger partial charge in [-0.1, -0.05) is 48.6 Å². The highest BCUT2D eigenvalue weighted by atomic mass is 32.2. The Bertz CT molecular complexity index is 452. The topological polar surface area (TPSA) is 29.1 Å². The van der Waals surface area contributed by atoms with E-state index in [1.54, 1.807) is 0 Å². The third-order valence-electron chi connectivity index (χ3n) is 4.25. The highest BCUT2D eigenvalue weighted by Gasteiger charge is 2.27. The fourth-order valence-corrected chi connectivity index (χ4v) is 5.12. The minimum atomic E-state index is -0.778. The Morgan fingerprint density at radius 3 is 2.40 bits per heavy atom. The Morgan fingerprint density at radius 2 is 1.75 bits per heavy atom. The molecule has 3 atom stereocenters. The van der Waals surface area contributed by atoms with Crippen molar-refractivity contribution >= 4 is 10.8 Å². The molecule has 3 heteroatoms. The van der Waals surface area contributed by atoms with Crippen LogP contribution < -0.4 is 5.32 Å². The molecule has 0 saturated heterocycles. The van der Waals surface area contributed by atoms with E-state index in [1.807, 2.05) is 7.05 Å². The molecule has 1 aromatic rings. The van der Waals surface area contributed by atoms with E-state index in [2.05, 4.69) is 37.4 Å². The van der Waals surface area contributed by atoms with E-state index < -0.39 is 10.8 Å². The van der Waals surface area contributed by atoms with Gasteiger partial charge in [-0.15, -0.1) is 0 Å². The highest BCUT2D eigenvalue weighted by molar-refractivity contribution is 7.84. The van der Waals surface area contributed by atoms with Gasteiger partial charge in [-0.3, -0.25) is 4.21 Å². The predicted octanol–water partition coefficient (Wildman–Crippen LogP) is 3.47. The maximum Gasteiger partial charge on any atom is 0.0504 e. The van der Waals surface area contributed by atoms with E-state index >= 15 is 0 Å². The standard InChI is InChI=1S/C17H27NOS/c1-13-9-14(2)11-15(10-13)12-20(19)17-8-6-4-5-7-16(17)18-3/h9-11,16-18H,4-8,12H2,1-3H3. The van der Waals surface area contributed by atoms with Gasteiger partial charge in [-0.05, 0) is 39.3 Å². The smallest absolute Gasteiger partial charge is 0.0504 e. The molecule has 0 amide bonds. The van der Waals surface area contributed by atoms with Gasteiger partial charge in [0, 0.05) is 22.6 Å². The Hall–Kier alpha value is -0.670. The number of aryl methyl sites for hydroxylation is 2. The minimum Gasteiger partial charge on any atom is -0.316 e. The van der Waals surface area contributed by atoms with Gasteiger partial charge >= 0.3 is 0 Å². The second-order valence-electron chi connectivity index (χ2n) is 6.09. The lowest BCUT2D eigenvalue weighted by molar-refractivity contribution is 0.499. The number of hydrogen-bond acceptors (Lipinski definition) is 2. The molecule has 0 spiro atoms. The second kappa shape index (κ2) is 7.37. The number of nitrogens with one attached hydrogen (secondary N) is 1. The van der Waals surface area contributed by atoms with E-state index in [0.29, 0.717) is 17.0 Å². The van der Waals surface area contributed by atoms with E-state index in [-0.39, 0.29) is 0 Å². The molecule has 20 heavy (non-hydrogen) atoms. The summed E-state index contributed by atoms with van der Waals surface area (Å²) < 4.78 is 12.8. The van der Waals surface area contributed by atoms with Crippen molar-refractivity contribution in [2.24, 2.45) is 0 Å². The van der Waals surface area contributed by atoms with Gasteiger partial charge in [-0.2, -0.15) is 0 Å². The molecule has 1 aliphatic rings. The molecular weight excluding hydrogens is 266 g/mol. The molecule has 1 aromatic carbocycles. The lowest BCUT2D eigenvalue weighted by Crippen LogP contribution is -2.39. The van der Waals surface area contributed by atoms with Gasteiger partial charge < -0.3 is 5.32 Å². The van der Waals surface area contributed by atoms with Crippen LogP contribution in [0.4, 0.5) is 0 Å². The summed E-state index contributed by atoms with van der Waals surface area (Å²) in [5.74, 6) is 0.700. The Balaban J connectivity index is 2.09. The summed E-state index contributed by atoms with van der Waals surface area (Å²) in [6.07, 6.45) is 6.04. The second-order valence-corrected chi connectivity index (χ2v) is 7.75. The van der Waals surface area contributed by atoms with Crippen LogP contribution in [0.15, 0.2) is 18.2 Å². The van der Waals surface area contributed by atoms with Crippen LogP contribution in [0.5, 0.6) is 0 Å². The third-order valence-corrected chi connectivity index (χ3v) is 6.11. The zero-order valence-corrected chi connectivity index (χ0v) is 13.8. The molecule has 1 saturated carbocycles. The first-order valence-electron chi connectivity index (χ1n) is 7.72. The van der Waals surface area contributed by atoms with Gasteiger partial charge in [0.1, 0.15) is 0 Å². The van der Waals surface area contributed by atoms with Crippen LogP contribution in [-0.4, -0.2) is 22.5 Å². The van der Waals surface area contributed by atoms with Crippen molar-refractivity contribution in [2.75, 3.05) is 7.05 Å². The quantitative estimate of drug-likeness (QED) is 0.861. The predicted molar refractivity (Wildman–Crippen MR) is 87.5 cm³/mol. The van der Waals surface area contributed by atoms with Crippen molar-refractivity contribution in [1.29, 1.82) is 0 Å². The van der Waals surface area contributed by atoms with Gasteiger partial charge in [-0.25, -0.2) is 0 Å². The fraction of sp³-hybridized carbons (Fsp3) is 0.647. The first kappa shape index (κ1) is 15.7. The lowest BCUT2D eigenvalue weighted by atomic mass is 10.1. The zero-order chi connectivity index (χ0) is 14.5. The summed E-state index contributed by atoms with van der Waals surface area (Å²) in [4.78, 5) is 0. The first-order valence-corrected chi connectivity index (χ1v) is 9.10. The van der Waals surface area contributed by atoms with Crippen LogP contribution in [0.1, 0.15) is 48.8 Å². The molecule has 2 rings (SSSR count). The van der Waals surface area contributed by atoms with Crippen LogP contribution in [0.3, 0.4) is 0 Å². The zero-order valence-electron chi connectivity index (χ0n) is 12.9. The van der Waals surface area contributed by atoms with Crippen LogP contribution in [0, 0.1) is 13.8 Å². The van der Waals surface area contributed by atoms with Crippen molar-refractivity contribution in [3.05, 3.63) is 34.9 Å². The molecule has 1 aliphatic carbocycles. The fourth-order valence-electron chi connectivity index (χ4n) is 3.34. The molecule has 0 bridgehead atoms. The molecule has 1 fully saturated rings. The van der Waals surface area contributed by atoms with Crippen LogP contribution in [0.25, 0.3) is 0 Å². The maximum absolute atomic E-state index is 12.8. The summed E-state index contributed by atoms with van der Waals surface area (Å²) in [5.41, 5.74) is 3.76. The van der Waals surface area contributed by atoms with E-state index in [4.69, 9.17) is 0 Å². The average Bonchev–Trinajstić information content (AvgIpc) is 2.62. The molecule has 112 valence electrons. The molecular formula is C17H27NOS. The molecule has 0 aliphatic heterocycles. The van der Waals surface area contributed by atoms with Crippen LogP contribution >= 0.6 is 0 Å². The van der Waals surface area contributed by atoms with Gasteiger partial charge in [0.05, 0.1) is 5.25 Å². The molecule has 3 unspecified atom stereocenters. The average molecular weight is 293 g/mol. The van der Waals surface area contributed by atoms with E-state index in [1.165, 1.54) is 42.4 Å². The van der Waals surface area contributed by atoms with E-state index in [0.717, 1.165) is 6.42 Å². The number of hydrogen-bond donors (Lipinski definition) is 1. The molecule has 1 N–H and O–H groups in total. The highest BCUT2D eigenvalue weighted by Crippen LogP contribution is 2.24. The number of benzene rings is 1. The van der Waals surface area contributed by atoms with Crippen molar-refractivity contribution in [3.63, 3.8) is 0 Å². The van der Waals surface area contributed by atoms with Gasteiger partial charge in [0.15, 0.2) is 0 Å². The van der Waals surface area contributed by atoms with Crippen molar-refractivity contribution < 1.29 is 4.21 Å². The summed E-state index contributed by atoms with van der Waals surface area (Å²) in [6.45, 7) is 4.23. The van der Waals surface area contributed by atoms with Crippen LogP contribution in [-0.2, 0) is 16.6 Å². The van der Waals surface area contributed by atoms with Gasteiger partial charge in [0.25, 0.3) is 0 Å². The molecule has 0 aromatic heterocycles. The molecule has 0 heterocycles. The van der Waals surface area contributed by atoms with Crippen molar-refractivity contribution in [1.82, 2.24) is 5.32 Å². The van der Waals surface area contributed by atoms with E-state index in [9.17, 15) is 4.21 Å². The lowest BCUT2D eigenvalue weighted by Gasteiger charge is -2.24. The largest absolute Gasteiger partial charge is 0.316 e. The maximum atomic E-state index is 12.8. The van der Waals surface area contributed by atoms with Crippen LogP contribution in [0.2, 0.25) is 0 Å². The summed E-state index contributed by atoms with van der Waals surface area (Å²) in [6, 6.07) is 6.95. The summed E-state index contributed by atoms with van der Waals surface area (Å²) in [5, 5.41) is 3.70. The SMILES string of the molecule is CNC1CCCCCC1S(=O)Cc1cc(C)cc(C)c1. The third kappa shape index (κ3) is 4.16. The number of rotatable bonds is 4. The monoisotopic (exact) mass is 293 g/mol. The Kier molecular flexibility index (Phi) is 5.79. The van der Waals surface area contributed by atoms with Crippen molar-refractivity contribution in [2.45, 2.75) is 63.0 Å². The molecule has 2 nitrogen and oxygen atoms in total. The normalized spacial score (nSPS) is 25.1. The Labute approximate surface area is 125 Å². The summed E-state index contributed by atoms with van der Waals surface area (Å²) in [7, 11) is 1.23.